The molecule has 154 valence electrons. The molecule has 30 heavy (non-hydrogen) atoms. The zero-order valence-electron chi connectivity index (χ0n) is 15.6. The summed E-state index contributed by atoms with van der Waals surface area (Å²) in [6.45, 7) is 0.305. The van der Waals surface area contributed by atoms with Crippen molar-refractivity contribution in [1.82, 2.24) is 9.88 Å². The second kappa shape index (κ2) is 7.78. The molecule has 1 atom stereocenters. The summed E-state index contributed by atoms with van der Waals surface area (Å²) in [7, 11) is 0. The Morgan fingerprint density at radius 1 is 1.00 bits per heavy atom. The van der Waals surface area contributed by atoms with E-state index in [1.165, 1.54) is 24.4 Å². The first kappa shape index (κ1) is 19.9. The molecule has 8 heteroatoms. The molecule has 0 bridgehead atoms. The maximum atomic E-state index is 13.9. The average molecular weight is 415 g/mol. The third kappa shape index (κ3) is 3.85. The minimum absolute atomic E-state index is 0.0851. The molecule has 4 nitrogen and oxygen atoms in total. The van der Waals surface area contributed by atoms with Crippen molar-refractivity contribution < 1.29 is 22.7 Å². The number of fused-ring (bicyclic) bond motifs is 1. The van der Waals surface area contributed by atoms with E-state index in [1.54, 1.807) is 4.90 Å². The van der Waals surface area contributed by atoms with E-state index in [0.29, 0.717) is 13.0 Å². The van der Waals surface area contributed by atoms with Gasteiger partial charge in [0.1, 0.15) is 0 Å². The van der Waals surface area contributed by atoms with Gasteiger partial charge >= 0.3 is 6.18 Å². The number of rotatable bonds is 4. The number of aromatic hydroxyl groups is 1. The van der Waals surface area contributed by atoms with E-state index in [-0.39, 0.29) is 16.1 Å². The number of phenolic OH excluding ortho intramolecular Hbond substituents is 1. The van der Waals surface area contributed by atoms with Gasteiger partial charge < -0.3 is 10.0 Å². The smallest absolute Gasteiger partial charge is 0.434 e. The third-order valence-electron chi connectivity index (χ3n) is 4.90. The molecule has 1 unspecified atom stereocenters. The number of hydrogen-bond acceptors (Lipinski definition) is 4. The van der Waals surface area contributed by atoms with Gasteiger partial charge in [0.25, 0.3) is 0 Å². The van der Waals surface area contributed by atoms with Crippen LogP contribution in [0.4, 0.5) is 17.6 Å². The number of pyridine rings is 1. The number of para-hydroxylation sites is 1. The predicted molar refractivity (Wildman–Crippen MR) is 102 cm³/mol. The first-order valence-corrected chi connectivity index (χ1v) is 9.23. The normalized spacial score (nSPS) is 15.9. The Bertz CT molecular complexity index is 1180. The molecular weight excluding hydrogens is 398 g/mol. The fraction of sp³-hybridized carbons (Fsp3) is 0.182. The molecule has 0 saturated carbocycles. The number of nitrogens with zero attached hydrogens (tertiary/aromatic N) is 3. The quantitative estimate of drug-likeness (QED) is 0.663. The molecule has 2 aromatic carbocycles. The highest BCUT2D eigenvalue weighted by atomic mass is 19.4. The Kier molecular flexibility index (Phi) is 5.15. The van der Waals surface area contributed by atoms with Crippen LogP contribution in [-0.2, 0) is 12.6 Å². The van der Waals surface area contributed by atoms with Gasteiger partial charge in [-0.2, -0.15) is 13.2 Å². The summed E-state index contributed by atoms with van der Waals surface area (Å²) in [4.78, 5) is 9.48. The summed E-state index contributed by atoms with van der Waals surface area (Å²) in [5, 5.41) is 10.2. The Morgan fingerprint density at radius 3 is 2.50 bits per heavy atom. The van der Waals surface area contributed by atoms with Crippen LogP contribution in [-0.4, -0.2) is 21.5 Å². The molecular formula is C22H17F4N3O. The molecule has 0 radical (unpaired) electrons. The Hall–Kier alpha value is -3.42. The average Bonchev–Trinajstić information content (AvgIpc) is 2.73. The van der Waals surface area contributed by atoms with Crippen LogP contribution in [0.3, 0.4) is 0 Å². The van der Waals surface area contributed by atoms with Crippen LogP contribution in [0.5, 0.6) is 5.75 Å². The van der Waals surface area contributed by atoms with Crippen LogP contribution in [0.1, 0.15) is 23.0 Å². The fourth-order valence-corrected chi connectivity index (χ4v) is 3.45. The van der Waals surface area contributed by atoms with Crippen molar-refractivity contribution in [3.63, 3.8) is 0 Å². The number of benzene rings is 2. The molecule has 4 rings (SSSR count). The maximum Gasteiger partial charge on any atom is 0.434 e. The van der Waals surface area contributed by atoms with Crippen molar-refractivity contribution in [2.24, 2.45) is 4.99 Å². The fourth-order valence-electron chi connectivity index (χ4n) is 3.45. The molecule has 1 aromatic heterocycles. The highest BCUT2D eigenvalue weighted by Crippen LogP contribution is 2.33. The first-order valence-electron chi connectivity index (χ1n) is 9.23. The lowest BCUT2D eigenvalue weighted by molar-refractivity contribution is -0.142. The zero-order chi connectivity index (χ0) is 21.3. The van der Waals surface area contributed by atoms with Gasteiger partial charge in [0.05, 0.1) is 5.36 Å². The van der Waals surface area contributed by atoms with Crippen LogP contribution in [0.25, 0.3) is 6.20 Å². The summed E-state index contributed by atoms with van der Waals surface area (Å²) in [5.41, 5.74) is 0.131. The van der Waals surface area contributed by atoms with Crippen molar-refractivity contribution in [3.05, 3.63) is 94.0 Å². The van der Waals surface area contributed by atoms with Crippen LogP contribution >= 0.6 is 0 Å². The number of phenols is 1. The third-order valence-corrected chi connectivity index (χ3v) is 4.90. The van der Waals surface area contributed by atoms with Gasteiger partial charge in [-0.25, -0.2) is 4.39 Å². The number of aromatic nitrogens is 1. The van der Waals surface area contributed by atoms with Gasteiger partial charge in [-0.15, -0.1) is 0 Å². The van der Waals surface area contributed by atoms with E-state index in [9.17, 15) is 22.7 Å². The molecule has 0 amide bonds. The van der Waals surface area contributed by atoms with Crippen LogP contribution in [0.15, 0.2) is 65.8 Å². The highest BCUT2D eigenvalue weighted by Gasteiger charge is 2.35. The Labute approximate surface area is 169 Å². The molecule has 3 aromatic rings. The van der Waals surface area contributed by atoms with Crippen LogP contribution < -0.4 is 10.6 Å². The number of halogens is 4. The summed E-state index contributed by atoms with van der Waals surface area (Å²) in [6.07, 6.45) is -2.61. The first-order chi connectivity index (χ1) is 14.3. The molecule has 0 spiro atoms. The summed E-state index contributed by atoms with van der Waals surface area (Å²) >= 11 is 0. The molecule has 0 aliphatic carbocycles. The lowest BCUT2D eigenvalue weighted by atomic mass is 10.1. The SMILES string of the molecule is Oc1c(F)cccc1C1N=c2ccnc(C(F)(F)F)c2=CN1CCc1ccccc1. The lowest BCUT2D eigenvalue weighted by Gasteiger charge is -2.31. The van der Waals surface area contributed by atoms with Gasteiger partial charge in [-0.1, -0.05) is 42.5 Å². The van der Waals surface area contributed by atoms with Gasteiger partial charge in [-0.05, 0) is 24.1 Å². The van der Waals surface area contributed by atoms with Crippen LogP contribution in [0.2, 0.25) is 0 Å². The van der Waals surface area contributed by atoms with Crippen molar-refractivity contribution in [2.75, 3.05) is 6.54 Å². The van der Waals surface area contributed by atoms with Crippen molar-refractivity contribution >= 4 is 6.20 Å². The second-order valence-electron chi connectivity index (χ2n) is 6.87. The molecule has 0 saturated heterocycles. The predicted octanol–water partition coefficient (Wildman–Crippen LogP) is 3.56. The monoisotopic (exact) mass is 415 g/mol. The molecule has 1 aliphatic rings. The summed E-state index contributed by atoms with van der Waals surface area (Å²) in [6, 6.07) is 14.9. The van der Waals surface area contributed by atoms with Gasteiger partial charge in [-0.3, -0.25) is 9.98 Å². The van der Waals surface area contributed by atoms with E-state index < -0.39 is 29.6 Å². The van der Waals surface area contributed by atoms with Crippen molar-refractivity contribution in [1.29, 1.82) is 0 Å². The van der Waals surface area contributed by atoms with Gasteiger partial charge in [0.2, 0.25) is 0 Å². The van der Waals surface area contributed by atoms with Gasteiger partial charge in [0.15, 0.2) is 23.4 Å². The minimum Gasteiger partial charge on any atom is -0.505 e. The topological polar surface area (TPSA) is 48.7 Å². The van der Waals surface area contributed by atoms with Crippen molar-refractivity contribution in [2.45, 2.75) is 18.8 Å². The standard InChI is InChI=1S/C22H17F4N3O/c23-17-8-4-7-15(19(17)30)21-28-18-9-11-27-20(22(24,25)26)16(18)13-29(21)12-10-14-5-2-1-3-6-14/h1-9,11,13,21,30H,10,12H2. The van der Waals surface area contributed by atoms with E-state index in [2.05, 4.69) is 9.98 Å². The molecule has 1 aliphatic heterocycles. The molecule has 1 N–H and O–H groups in total. The van der Waals surface area contributed by atoms with Gasteiger partial charge in [0, 0.05) is 29.7 Å². The van der Waals surface area contributed by atoms with E-state index in [4.69, 9.17) is 0 Å². The lowest BCUT2D eigenvalue weighted by Crippen LogP contribution is -2.43. The number of hydrogen-bond donors (Lipinski definition) is 1. The van der Waals surface area contributed by atoms with E-state index in [0.717, 1.165) is 17.8 Å². The zero-order valence-corrected chi connectivity index (χ0v) is 15.6. The highest BCUT2D eigenvalue weighted by molar-refractivity contribution is 5.40. The largest absolute Gasteiger partial charge is 0.505 e. The van der Waals surface area contributed by atoms with E-state index >= 15 is 0 Å². The minimum atomic E-state index is -4.64. The Balaban J connectivity index is 1.83. The molecule has 0 fully saturated rings. The van der Waals surface area contributed by atoms with E-state index in [1.807, 2.05) is 30.3 Å². The molecule has 2 heterocycles. The van der Waals surface area contributed by atoms with Crippen molar-refractivity contribution in [3.8, 4) is 5.75 Å². The maximum absolute atomic E-state index is 13.9. The summed E-state index contributed by atoms with van der Waals surface area (Å²) < 4.78 is 54.3. The van der Waals surface area contributed by atoms with Crippen LogP contribution in [0, 0.1) is 5.82 Å². The Morgan fingerprint density at radius 2 is 1.77 bits per heavy atom. The summed E-state index contributed by atoms with van der Waals surface area (Å²) in [5.74, 6) is -1.39. The number of alkyl halides is 3. The second-order valence-corrected chi connectivity index (χ2v) is 6.87.